The van der Waals surface area contributed by atoms with Crippen LogP contribution in [-0.4, -0.2) is 24.1 Å². The van der Waals surface area contributed by atoms with Gasteiger partial charge in [0.15, 0.2) is 0 Å². The molecule has 0 aliphatic rings. The fourth-order valence-electron chi connectivity index (χ4n) is 1.29. The van der Waals surface area contributed by atoms with Gasteiger partial charge in [-0.05, 0) is 28.1 Å². The standard InChI is InChI=1S/C11H13BrN4S/c1-16(2)11-13-4-3-10(15-11)14-6-9-5-8(12)7-17-9/h3-5,7H,6H2,1-2H3,(H,13,14,15). The van der Waals surface area contributed by atoms with Crippen LogP contribution in [0, 0.1) is 0 Å². The van der Waals surface area contributed by atoms with Crippen LogP contribution in [0.4, 0.5) is 11.8 Å². The number of halogens is 1. The summed E-state index contributed by atoms with van der Waals surface area (Å²) in [6, 6.07) is 3.97. The zero-order valence-electron chi connectivity index (χ0n) is 9.64. The van der Waals surface area contributed by atoms with Crippen molar-refractivity contribution in [1.82, 2.24) is 9.97 Å². The molecule has 0 aliphatic carbocycles. The van der Waals surface area contributed by atoms with Crippen molar-refractivity contribution < 1.29 is 0 Å². The summed E-state index contributed by atoms with van der Waals surface area (Å²) in [5.41, 5.74) is 0. The summed E-state index contributed by atoms with van der Waals surface area (Å²) in [6.07, 6.45) is 1.76. The van der Waals surface area contributed by atoms with Crippen LogP contribution in [0.25, 0.3) is 0 Å². The predicted octanol–water partition coefficient (Wildman–Crippen LogP) is 2.98. The van der Waals surface area contributed by atoms with Gasteiger partial charge in [-0.1, -0.05) is 0 Å². The second-order valence-corrected chi connectivity index (χ2v) is 5.63. The third-order valence-corrected chi connectivity index (χ3v) is 3.81. The van der Waals surface area contributed by atoms with Crippen LogP contribution in [0.2, 0.25) is 0 Å². The molecule has 0 saturated heterocycles. The maximum Gasteiger partial charge on any atom is 0.226 e. The molecular formula is C11H13BrN4S. The molecule has 17 heavy (non-hydrogen) atoms. The van der Waals surface area contributed by atoms with E-state index in [1.165, 1.54) is 4.88 Å². The monoisotopic (exact) mass is 312 g/mol. The lowest BCUT2D eigenvalue weighted by Crippen LogP contribution is -2.13. The van der Waals surface area contributed by atoms with E-state index >= 15 is 0 Å². The van der Waals surface area contributed by atoms with E-state index in [1.54, 1.807) is 17.5 Å². The van der Waals surface area contributed by atoms with Crippen molar-refractivity contribution in [3.05, 3.63) is 33.1 Å². The smallest absolute Gasteiger partial charge is 0.226 e. The molecule has 0 fully saturated rings. The molecule has 0 unspecified atom stereocenters. The number of hydrogen-bond acceptors (Lipinski definition) is 5. The first-order chi connectivity index (χ1) is 8.15. The predicted molar refractivity (Wildman–Crippen MR) is 75.7 cm³/mol. The van der Waals surface area contributed by atoms with Crippen LogP contribution in [0.1, 0.15) is 4.88 Å². The maximum atomic E-state index is 4.39. The van der Waals surface area contributed by atoms with E-state index in [0.29, 0.717) is 5.95 Å². The van der Waals surface area contributed by atoms with Crippen LogP contribution in [-0.2, 0) is 6.54 Å². The molecule has 2 rings (SSSR count). The molecule has 2 aromatic rings. The van der Waals surface area contributed by atoms with Gasteiger partial charge in [0.25, 0.3) is 0 Å². The van der Waals surface area contributed by atoms with Crippen molar-refractivity contribution in [3.8, 4) is 0 Å². The first kappa shape index (κ1) is 12.3. The van der Waals surface area contributed by atoms with Crippen molar-refractivity contribution in [2.45, 2.75) is 6.54 Å². The molecular weight excluding hydrogens is 300 g/mol. The summed E-state index contributed by atoms with van der Waals surface area (Å²) < 4.78 is 1.12. The first-order valence-corrected chi connectivity index (χ1v) is 6.79. The van der Waals surface area contributed by atoms with E-state index in [-0.39, 0.29) is 0 Å². The minimum atomic E-state index is 0.711. The van der Waals surface area contributed by atoms with Crippen molar-refractivity contribution in [1.29, 1.82) is 0 Å². The second kappa shape index (κ2) is 5.46. The number of thiophene rings is 1. The van der Waals surface area contributed by atoms with Gasteiger partial charge in [-0.2, -0.15) is 4.98 Å². The maximum absolute atomic E-state index is 4.39. The summed E-state index contributed by atoms with van der Waals surface area (Å²) in [4.78, 5) is 11.7. The van der Waals surface area contributed by atoms with Crippen molar-refractivity contribution >= 4 is 39.0 Å². The van der Waals surface area contributed by atoms with Gasteiger partial charge in [-0.25, -0.2) is 4.98 Å². The highest BCUT2D eigenvalue weighted by atomic mass is 79.9. The number of aromatic nitrogens is 2. The molecule has 2 aromatic heterocycles. The van der Waals surface area contributed by atoms with E-state index in [9.17, 15) is 0 Å². The highest BCUT2D eigenvalue weighted by Gasteiger charge is 2.02. The molecule has 6 heteroatoms. The average molecular weight is 313 g/mol. The third kappa shape index (κ3) is 3.41. The fraction of sp³-hybridized carbons (Fsp3) is 0.273. The van der Waals surface area contributed by atoms with Gasteiger partial charge < -0.3 is 10.2 Å². The van der Waals surface area contributed by atoms with E-state index < -0.39 is 0 Å². The topological polar surface area (TPSA) is 41.1 Å². The molecule has 0 atom stereocenters. The Labute approximate surface area is 113 Å². The van der Waals surface area contributed by atoms with E-state index in [1.807, 2.05) is 25.1 Å². The number of nitrogens with one attached hydrogen (secondary N) is 1. The zero-order valence-corrected chi connectivity index (χ0v) is 12.0. The number of hydrogen-bond donors (Lipinski definition) is 1. The Morgan fingerprint density at radius 1 is 1.47 bits per heavy atom. The first-order valence-electron chi connectivity index (χ1n) is 5.12. The fourth-order valence-corrected chi connectivity index (χ4v) is 2.68. The van der Waals surface area contributed by atoms with E-state index in [4.69, 9.17) is 0 Å². The van der Waals surface area contributed by atoms with Gasteiger partial charge >= 0.3 is 0 Å². The molecule has 0 aliphatic heterocycles. The normalized spacial score (nSPS) is 10.3. The lowest BCUT2D eigenvalue weighted by Gasteiger charge is -2.11. The lowest BCUT2D eigenvalue weighted by atomic mass is 10.4. The van der Waals surface area contributed by atoms with E-state index in [2.05, 4.69) is 42.7 Å². The van der Waals surface area contributed by atoms with Crippen molar-refractivity contribution in [2.24, 2.45) is 0 Å². The number of nitrogens with zero attached hydrogens (tertiary/aromatic N) is 3. The largest absolute Gasteiger partial charge is 0.365 e. The highest BCUT2D eigenvalue weighted by Crippen LogP contribution is 2.20. The molecule has 1 N–H and O–H groups in total. The van der Waals surface area contributed by atoms with Crippen LogP contribution in [0.5, 0.6) is 0 Å². The quantitative estimate of drug-likeness (QED) is 0.942. The molecule has 0 saturated carbocycles. The Morgan fingerprint density at radius 3 is 2.94 bits per heavy atom. The average Bonchev–Trinajstić information content (AvgIpc) is 2.73. The summed E-state index contributed by atoms with van der Waals surface area (Å²) in [5, 5.41) is 5.35. The Hall–Kier alpha value is -1.14. The number of rotatable bonds is 4. The SMILES string of the molecule is CN(C)c1nccc(NCc2cc(Br)cs2)n1. The van der Waals surface area contributed by atoms with Crippen LogP contribution < -0.4 is 10.2 Å². The van der Waals surface area contributed by atoms with Gasteiger partial charge in [0.05, 0.1) is 6.54 Å². The van der Waals surface area contributed by atoms with Crippen molar-refractivity contribution in [2.75, 3.05) is 24.3 Å². The Kier molecular flexibility index (Phi) is 3.96. The van der Waals surface area contributed by atoms with Gasteiger partial charge in [0.1, 0.15) is 5.82 Å². The minimum absolute atomic E-state index is 0.711. The second-order valence-electron chi connectivity index (χ2n) is 3.72. The summed E-state index contributed by atoms with van der Waals surface area (Å²) >= 11 is 5.16. The third-order valence-electron chi connectivity index (χ3n) is 2.11. The molecule has 2 heterocycles. The Balaban J connectivity index is 2.01. The molecule has 0 bridgehead atoms. The van der Waals surface area contributed by atoms with E-state index in [0.717, 1.165) is 16.8 Å². The zero-order chi connectivity index (χ0) is 12.3. The number of anilines is 2. The summed E-state index contributed by atoms with van der Waals surface area (Å²) in [7, 11) is 3.85. The van der Waals surface area contributed by atoms with Crippen LogP contribution in [0.15, 0.2) is 28.2 Å². The van der Waals surface area contributed by atoms with Gasteiger partial charge in [-0.3, -0.25) is 0 Å². The summed E-state index contributed by atoms with van der Waals surface area (Å²) in [6.45, 7) is 0.778. The highest BCUT2D eigenvalue weighted by molar-refractivity contribution is 9.10. The molecule has 0 aromatic carbocycles. The minimum Gasteiger partial charge on any atom is -0.365 e. The van der Waals surface area contributed by atoms with Crippen LogP contribution >= 0.6 is 27.3 Å². The molecule has 0 spiro atoms. The lowest BCUT2D eigenvalue weighted by molar-refractivity contribution is 0.990. The van der Waals surface area contributed by atoms with Gasteiger partial charge in [-0.15, -0.1) is 11.3 Å². The molecule has 90 valence electrons. The van der Waals surface area contributed by atoms with Crippen LogP contribution in [0.3, 0.4) is 0 Å². The summed E-state index contributed by atoms with van der Waals surface area (Å²) in [5.74, 6) is 1.55. The Bertz CT molecular complexity index is 498. The molecule has 0 amide bonds. The molecule has 4 nitrogen and oxygen atoms in total. The molecule has 0 radical (unpaired) electrons. The van der Waals surface area contributed by atoms with Crippen molar-refractivity contribution in [3.63, 3.8) is 0 Å². The van der Waals surface area contributed by atoms with Gasteiger partial charge in [0.2, 0.25) is 5.95 Å². The Morgan fingerprint density at radius 2 is 2.29 bits per heavy atom. The van der Waals surface area contributed by atoms with Gasteiger partial charge in [0, 0.05) is 35.0 Å².